The van der Waals surface area contributed by atoms with E-state index in [9.17, 15) is 0 Å². The van der Waals surface area contributed by atoms with Gasteiger partial charge < -0.3 is 4.74 Å². The lowest BCUT2D eigenvalue weighted by molar-refractivity contribution is 0.267. The van der Waals surface area contributed by atoms with Gasteiger partial charge >= 0.3 is 0 Å². The molecule has 0 atom stereocenters. The lowest BCUT2D eigenvalue weighted by Crippen LogP contribution is -2.07. The van der Waals surface area contributed by atoms with E-state index in [2.05, 4.69) is 51.3 Å². The Morgan fingerprint density at radius 3 is 2.60 bits per heavy atom. The molecule has 0 aliphatic carbocycles. The van der Waals surface area contributed by atoms with Gasteiger partial charge in [0.1, 0.15) is 11.2 Å². The average molecular weight is 291 g/mol. The molecule has 0 saturated heterocycles. The summed E-state index contributed by atoms with van der Waals surface area (Å²) in [5.74, 6) is 2.92. The molecule has 0 saturated carbocycles. The number of aryl methyl sites for hydroxylation is 1. The summed E-state index contributed by atoms with van der Waals surface area (Å²) in [4.78, 5) is 0. The topological polar surface area (TPSA) is 33.0 Å². The van der Waals surface area contributed by atoms with E-state index < -0.39 is 0 Å². The molecule has 0 N–H and O–H groups in total. The summed E-state index contributed by atoms with van der Waals surface area (Å²) in [5, 5.41) is 10.6. The van der Waals surface area contributed by atoms with Crippen molar-refractivity contribution in [1.82, 2.24) is 0 Å². The Morgan fingerprint density at radius 1 is 1.25 bits per heavy atom. The molecule has 0 aromatic heterocycles. The number of hydrogen-bond acceptors (Lipinski definition) is 3. The van der Waals surface area contributed by atoms with Gasteiger partial charge in [-0.15, -0.1) is 0 Å². The van der Waals surface area contributed by atoms with Crippen LogP contribution in [0.3, 0.4) is 0 Å². The molecule has 110 valence electrons. The van der Waals surface area contributed by atoms with Gasteiger partial charge in [0.2, 0.25) is 0 Å². The molecule has 0 spiro atoms. The molecule has 1 rings (SSSR count). The van der Waals surface area contributed by atoms with E-state index >= 15 is 0 Å². The predicted octanol–water partition coefficient (Wildman–Crippen LogP) is 4.99. The van der Waals surface area contributed by atoms with Crippen LogP contribution in [0.1, 0.15) is 51.2 Å². The number of rotatable bonds is 8. The highest BCUT2D eigenvalue weighted by molar-refractivity contribution is 8.03. The summed E-state index contributed by atoms with van der Waals surface area (Å²) in [5.41, 5.74) is 2.63. The Hall–Kier alpha value is -1.14. The SMILES string of the molecule is CC(C)COc1ccc(CCCSC#N)cc1C(C)C. The van der Waals surface area contributed by atoms with Gasteiger partial charge in [0.05, 0.1) is 6.61 Å². The highest BCUT2D eigenvalue weighted by Crippen LogP contribution is 2.28. The van der Waals surface area contributed by atoms with Crippen LogP contribution in [0.2, 0.25) is 0 Å². The van der Waals surface area contributed by atoms with Crippen molar-refractivity contribution in [3.8, 4) is 11.2 Å². The summed E-state index contributed by atoms with van der Waals surface area (Å²) in [6, 6.07) is 6.51. The second kappa shape index (κ2) is 8.92. The largest absolute Gasteiger partial charge is 0.493 e. The molecule has 3 heteroatoms. The van der Waals surface area contributed by atoms with Crippen LogP contribution in [0, 0.1) is 16.6 Å². The zero-order valence-electron chi connectivity index (χ0n) is 13.0. The molecule has 0 radical (unpaired) electrons. The molecule has 0 unspecified atom stereocenters. The van der Waals surface area contributed by atoms with E-state index in [0.717, 1.165) is 31.0 Å². The number of ether oxygens (including phenoxy) is 1. The Labute approximate surface area is 127 Å². The molecule has 20 heavy (non-hydrogen) atoms. The van der Waals surface area contributed by atoms with Gasteiger partial charge in [-0.3, -0.25) is 0 Å². The van der Waals surface area contributed by atoms with E-state index in [4.69, 9.17) is 10.00 Å². The predicted molar refractivity (Wildman–Crippen MR) is 87.3 cm³/mol. The number of nitriles is 1. The molecular weight excluding hydrogens is 266 g/mol. The van der Waals surface area contributed by atoms with Crippen molar-refractivity contribution in [3.63, 3.8) is 0 Å². The van der Waals surface area contributed by atoms with Crippen molar-refractivity contribution in [2.45, 2.75) is 46.5 Å². The number of thiocyanates is 1. The van der Waals surface area contributed by atoms with E-state index in [1.165, 1.54) is 22.9 Å². The molecule has 0 bridgehead atoms. The summed E-state index contributed by atoms with van der Waals surface area (Å²) >= 11 is 1.33. The van der Waals surface area contributed by atoms with Crippen LogP contribution in [0.4, 0.5) is 0 Å². The molecule has 0 aliphatic rings. The van der Waals surface area contributed by atoms with E-state index in [1.54, 1.807) is 0 Å². The standard InChI is InChI=1S/C17H25NOS/c1-13(2)11-19-17-8-7-15(6-5-9-20-12-18)10-16(17)14(3)4/h7-8,10,13-14H,5-6,9,11H2,1-4H3. The Balaban J connectivity index is 2.71. The summed E-state index contributed by atoms with van der Waals surface area (Å²) in [6.45, 7) is 9.49. The van der Waals surface area contributed by atoms with Crippen molar-refractivity contribution in [1.29, 1.82) is 5.26 Å². The van der Waals surface area contributed by atoms with Gasteiger partial charge in [-0.2, -0.15) is 5.26 Å². The molecule has 1 aromatic rings. The first kappa shape index (κ1) is 16.9. The molecule has 0 amide bonds. The fourth-order valence-electron chi connectivity index (χ4n) is 1.99. The van der Waals surface area contributed by atoms with Crippen molar-refractivity contribution >= 4 is 11.8 Å². The maximum absolute atomic E-state index is 8.52. The Bertz CT molecular complexity index is 449. The van der Waals surface area contributed by atoms with Crippen LogP contribution >= 0.6 is 11.8 Å². The second-order valence-corrected chi connectivity index (χ2v) is 6.65. The second-order valence-electron chi connectivity index (χ2n) is 5.78. The highest BCUT2D eigenvalue weighted by atomic mass is 32.2. The van der Waals surface area contributed by atoms with E-state index in [-0.39, 0.29) is 0 Å². The highest BCUT2D eigenvalue weighted by Gasteiger charge is 2.10. The molecule has 0 aliphatic heterocycles. The maximum Gasteiger partial charge on any atom is 0.133 e. The van der Waals surface area contributed by atoms with Crippen LogP contribution in [-0.4, -0.2) is 12.4 Å². The van der Waals surface area contributed by atoms with E-state index in [0.29, 0.717) is 11.8 Å². The molecule has 0 heterocycles. The Kier molecular flexibility index (Phi) is 7.54. The average Bonchev–Trinajstić information content (AvgIpc) is 2.41. The van der Waals surface area contributed by atoms with Crippen molar-refractivity contribution in [2.75, 3.05) is 12.4 Å². The minimum Gasteiger partial charge on any atom is -0.493 e. The Morgan fingerprint density at radius 2 is 2.00 bits per heavy atom. The first-order valence-electron chi connectivity index (χ1n) is 7.31. The third-order valence-corrected chi connectivity index (χ3v) is 3.67. The number of nitrogens with zero attached hydrogens (tertiary/aromatic N) is 1. The number of benzene rings is 1. The van der Waals surface area contributed by atoms with Gasteiger partial charge in [-0.25, -0.2) is 0 Å². The third kappa shape index (κ3) is 5.88. The number of thioether (sulfide) groups is 1. The zero-order valence-corrected chi connectivity index (χ0v) is 13.8. The van der Waals surface area contributed by atoms with Crippen molar-refractivity contribution in [3.05, 3.63) is 29.3 Å². The van der Waals surface area contributed by atoms with Crippen LogP contribution in [0.5, 0.6) is 5.75 Å². The van der Waals surface area contributed by atoms with Crippen molar-refractivity contribution in [2.24, 2.45) is 5.92 Å². The van der Waals surface area contributed by atoms with Crippen LogP contribution in [0.25, 0.3) is 0 Å². The first-order valence-corrected chi connectivity index (χ1v) is 8.29. The third-order valence-electron chi connectivity index (χ3n) is 3.04. The minimum absolute atomic E-state index is 0.464. The molecular formula is C17H25NOS. The summed E-state index contributed by atoms with van der Waals surface area (Å²) in [7, 11) is 0. The van der Waals surface area contributed by atoms with Gasteiger partial charge in [-0.1, -0.05) is 39.8 Å². The fourth-order valence-corrected chi connectivity index (χ4v) is 2.37. The molecule has 0 fully saturated rings. The van der Waals surface area contributed by atoms with Crippen LogP contribution < -0.4 is 4.74 Å². The van der Waals surface area contributed by atoms with Crippen LogP contribution in [-0.2, 0) is 6.42 Å². The summed E-state index contributed by atoms with van der Waals surface area (Å²) in [6.07, 6.45) is 2.07. The number of hydrogen-bond donors (Lipinski definition) is 0. The minimum atomic E-state index is 0.464. The molecule has 1 aromatic carbocycles. The quantitative estimate of drug-likeness (QED) is 0.499. The smallest absolute Gasteiger partial charge is 0.133 e. The zero-order chi connectivity index (χ0) is 15.0. The van der Waals surface area contributed by atoms with Gasteiger partial charge in [0.15, 0.2) is 0 Å². The van der Waals surface area contributed by atoms with Gasteiger partial charge in [0, 0.05) is 5.75 Å². The van der Waals surface area contributed by atoms with Crippen LogP contribution in [0.15, 0.2) is 18.2 Å². The first-order chi connectivity index (χ1) is 9.54. The summed E-state index contributed by atoms with van der Waals surface area (Å²) < 4.78 is 5.91. The van der Waals surface area contributed by atoms with Gasteiger partial charge in [0.25, 0.3) is 0 Å². The van der Waals surface area contributed by atoms with E-state index in [1.807, 2.05) is 0 Å². The maximum atomic E-state index is 8.52. The normalized spacial score (nSPS) is 10.8. The van der Waals surface area contributed by atoms with Gasteiger partial charge in [-0.05, 0) is 53.6 Å². The lowest BCUT2D eigenvalue weighted by Gasteiger charge is -2.16. The van der Waals surface area contributed by atoms with Crippen molar-refractivity contribution < 1.29 is 4.74 Å². The lowest BCUT2D eigenvalue weighted by atomic mass is 9.98. The fraction of sp³-hybridized carbons (Fsp3) is 0.588. The monoisotopic (exact) mass is 291 g/mol. The molecule has 2 nitrogen and oxygen atoms in total.